The maximum absolute atomic E-state index is 11.8. The molecule has 100 valence electrons. The van der Waals surface area contributed by atoms with Gasteiger partial charge in [-0.1, -0.05) is 12.1 Å². The third kappa shape index (κ3) is 3.03. The van der Waals surface area contributed by atoms with E-state index in [1.54, 1.807) is 7.11 Å². The number of benzene rings is 1. The Morgan fingerprint density at radius 2 is 2.21 bits per heavy atom. The van der Waals surface area contributed by atoms with Gasteiger partial charge in [-0.15, -0.1) is 10.2 Å². The van der Waals surface area contributed by atoms with Crippen LogP contribution in [-0.4, -0.2) is 21.9 Å². The van der Waals surface area contributed by atoms with Crippen molar-refractivity contribution in [1.82, 2.24) is 14.8 Å². The molecule has 6 nitrogen and oxygen atoms in total. The van der Waals surface area contributed by atoms with E-state index < -0.39 is 0 Å². The molecule has 1 aromatic heterocycles. The fourth-order valence-electron chi connectivity index (χ4n) is 1.52. The molecular weight excluding hydrogens is 268 g/mol. The van der Waals surface area contributed by atoms with Gasteiger partial charge in [0, 0.05) is 13.6 Å². The van der Waals surface area contributed by atoms with Crippen LogP contribution in [0.25, 0.3) is 0 Å². The zero-order valence-electron chi connectivity index (χ0n) is 10.6. The van der Waals surface area contributed by atoms with Crippen molar-refractivity contribution in [2.24, 2.45) is 7.05 Å². The molecule has 0 radical (unpaired) electrons. The molecule has 0 aliphatic rings. The zero-order chi connectivity index (χ0) is 13.8. The standard InChI is InChI=1S/C12H13ClN4O2/c1-17-11(18)10(15-16-12(17)13)14-7-8-4-3-5-9(6-8)19-2/h3-6H,7H2,1-2H3,(H,14,15). The quantitative estimate of drug-likeness (QED) is 0.918. The Morgan fingerprint density at radius 3 is 2.95 bits per heavy atom. The lowest BCUT2D eigenvalue weighted by molar-refractivity contribution is 0.414. The van der Waals surface area contributed by atoms with Gasteiger partial charge in [0.1, 0.15) is 5.75 Å². The molecule has 0 amide bonds. The Kier molecular flexibility index (Phi) is 4.01. The predicted molar refractivity (Wildman–Crippen MR) is 72.6 cm³/mol. The van der Waals surface area contributed by atoms with Crippen molar-refractivity contribution in [3.63, 3.8) is 0 Å². The van der Waals surface area contributed by atoms with Crippen LogP contribution in [0.2, 0.25) is 5.28 Å². The molecule has 0 aliphatic heterocycles. The third-order valence-corrected chi connectivity index (χ3v) is 2.94. The number of rotatable bonds is 4. The molecule has 0 unspecified atom stereocenters. The number of methoxy groups -OCH3 is 1. The molecule has 0 spiro atoms. The van der Waals surface area contributed by atoms with E-state index >= 15 is 0 Å². The van der Waals surface area contributed by atoms with Crippen molar-refractivity contribution < 1.29 is 4.74 Å². The number of nitrogens with zero attached hydrogens (tertiary/aromatic N) is 3. The Balaban J connectivity index is 2.14. The average Bonchev–Trinajstić information content (AvgIpc) is 2.44. The summed E-state index contributed by atoms with van der Waals surface area (Å²) >= 11 is 5.69. The van der Waals surface area contributed by atoms with Gasteiger partial charge in [0.25, 0.3) is 5.56 Å². The van der Waals surface area contributed by atoms with Crippen LogP contribution in [0.3, 0.4) is 0 Å². The molecule has 1 aromatic carbocycles. The van der Waals surface area contributed by atoms with Crippen LogP contribution in [0.15, 0.2) is 29.1 Å². The molecule has 7 heteroatoms. The van der Waals surface area contributed by atoms with Gasteiger partial charge >= 0.3 is 0 Å². The lowest BCUT2D eigenvalue weighted by Gasteiger charge is -2.07. The molecule has 2 aromatic rings. The minimum Gasteiger partial charge on any atom is -0.497 e. The SMILES string of the molecule is COc1cccc(CNc2nnc(Cl)n(C)c2=O)c1. The fourth-order valence-corrected chi connectivity index (χ4v) is 1.64. The van der Waals surface area contributed by atoms with Gasteiger partial charge in [-0.05, 0) is 29.3 Å². The van der Waals surface area contributed by atoms with Crippen LogP contribution in [-0.2, 0) is 13.6 Å². The molecule has 2 rings (SSSR count). The summed E-state index contributed by atoms with van der Waals surface area (Å²) in [5, 5.41) is 10.4. The lowest BCUT2D eigenvalue weighted by Crippen LogP contribution is -2.24. The Bertz CT molecular complexity index is 642. The van der Waals surface area contributed by atoms with Crippen molar-refractivity contribution >= 4 is 17.4 Å². The normalized spacial score (nSPS) is 10.3. The smallest absolute Gasteiger partial charge is 0.297 e. The molecular formula is C12H13ClN4O2. The van der Waals surface area contributed by atoms with E-state index in [9.17, 15) is 4.79 Å². The van der Waals surface area contributed by atoms with Gasteiger partial charge in [-0.3, -0.25) is 9.36 Å². The largest absolute Gasteiger partial charge is 0.497 e. The van der Waals surface area contributed by atoms with Crippen molar-refractivity contribution in [3.05, 3.63) is 45.5 Å². The Labute approximate surface area is 115 Å². The zero-order valence-corrected chi connectivity index (χ0v) is 11.3. The first-order chi connectivity index (χ1) is 9.11. The average molecular weight is 281 g/mol. The van der Waals surface area contributed by atoms with Gasteiger partial charge in [0.2, 0.25) is 11.1 Å². The number of hydrogen-bond acceptors (Lipinski definition) is 5. The van der Waals surface area contributed by atoms with Crippen LogP contribution in [0.5, 0.6) is 5.75 Å². The molecule has 0 saturated heterocycles. The topological polar surface area (TPSA) is 69.0 Å². The second-order valence-corrected chi connectivity index (χ2v) is 4.22. The number of ether oxygens (including phenoxy) is 1. The maximum atomic E-state index is 11.8. The molecule has 0 atom stereocenters. The first-order valence-corrected chi connectivity index (χ1v) is 5.95. The summed E-state index contributed by atoms with van der Waals surface area (Å²) in [5.41, 5.74) is 0.654. The lowest BCUT2D eigenvalue weighted by atomic mass is 10.2. The van der Waals surface area contributed by atoms with Crippen molar-refractivity contribution in [2.45, 2.75) is 6.54 Å². The van der Waals surface area contributed by atoms with Gasteiger partial charge in [-0.2, -0.15) is 0 Å². The van der Waals surface area contributed by atoms with Crippen LogP contribution in [0.4, 0.5) is 5.82 Å². The van der Waals surface area contributed by atoms with Crippen LogP contribution in [0, 0.1) is 0 Å². The van der Waals surface area contributed by atoms with Crippen LogP contribution < -0.4 is 15.6 Å². The Hall–Kier alpha value is -2.08. The first kappa shape index (κ1) is 13.4. The molecule has 0 saturated carbocycles. The minimum atomic E-state index is -0.317. The van der Waals surface area contributed by atoms with Crippen molar-refractivity contribution in [1.29, 1.82) is 0 Å². The van der Waals surface area contributed by atoms with E-state index in [2.05, 4.69) is 15.5 Å². The van der Waals surface area contributed by atoms with Gasteiger partial charge < -0.3 is 10.1 Å². The highest BCUT2D eigenvalue weighted by molar-refractivity contribution is 6.28. The van der Waals surface area contributed by atoms with Crippen molar-refractivity contribution in [2.75, 3.05) is 12.4 Å². The van der Waals surface area contributed by atoms with E-state index in [0.29, 0.717) is 6.54 Å². The van der Waals surface area contributed by atoms with Crippen molar-refractivity contribution in [3.8, 4) is 5.75 Å². The molecule has 1 heterocycles. The summed E-state index contributed by atoms with van der Waals surface area (Å²) in [7, 11) is 3.14. The fraction of sp³-hybridized carbons (Fsp3) is 0.250. The Morgan fingerprint density at radius 1 is 1.42 bits per heavy atom. The van der Waals surface area contributed by atoms with Crippen LogP contribution in [0.1, 0.15) is 5.56 Å². The number of nitrogens with one attached hydrogen (secondary N) is 1. The molecule has 1 N–H and O–H groups in total. The van der Waals surface area contributed by atoms with Gasteiger partial charge in [0.05, 0.1) is 7.11 Å². The summed E-state index contributed by atoms with van der Waals surface area (Å²) in [6.07, 6.45) is 0. The van der Waals surface area contributed by atoms with E-state index in [1.165, 1.54) is 11.6 Å². The summed E-state index contributed by atoms with van der Waals surface area (Å²) in [5.74, 6) is 0.920. The summed E-state index contributed by atoms with van der Waals surface area (Å²) in [6.45, 7) is 0.447. The summed E-state index contributed by atoms with van der Waals surface area (Å²) in [4.78, 5) is 11.8. The van der Waals surface area contributed by atoms with E-state index in [1.807, 2.05) is 24.3 Å². The molecule has 0 bridgehead atoms. The number of aromatic nitrogens is 3. The predicted octanol–water partition coefficient (Wildman–Crippen LogP) is 1.45. The minimum absolute atomic E-state index is 0.0527. The van der Waals surface area contributed by atoms with Crippen LogP contribution >= 0.6 is 11.6 Å². The summed E-state index contributed by atoms with van der Waals surface area (Å²) in [6, 6.07) is 7.52. The van der Waals surface area contributed by atoms with E-state index in [4.69, 9.17) is 16.3 Å². The van der Waals surface area contributed by atoms with Gasteiger partial charge in [-0.25, -0.2) is 0 Å². The summed E-state index contributed by atoms with van der Waals surface area (Å²) < 4.78 is 6.35. The number of hydrogen-bond donors (Lipinski definition) is 1. The highest BCUT2D eigenvalue weighted by Crippen LogP contribution is 2.13. The molecule has 0 fully saturated rings. The number of anilines is 1. The highest BCUT2D eigenvalue weighted by Gasteiger charge is 2.07. The van der Waals surface area contributed by atoms with E-state index in [-0.39, 0.29) is 16.7 Å². The maximum Gasteiger partial charge on any atom is 0.297 e. The molecule has 19 heavy (non-hydrogen) atoms. The van der Waals surface area contributed by atoms with E-state index in [0.717, 1.165) is 11.3 Å². The molecule has 0 aliphatic carbocycles. The number of halogens is 1. The monoisotopic (exact) mass is 280 g/mol. The second kappa shape index (κ2) is 5.71. The third-order valence-electron chi connectivity index (χ3n) is 2.61. The second-order valence-electron chi connectivity index (χ2n) is 3.89. The van der Waals surface area contributed by atoms with Gasteiger partial charge in [0.15, 0.2) is 0 Å². The first-order valence-electron chi connectivity index (χ1n) is 5.58. The highest BCUT2D eigenvalue weighted by atomic mass is 35.5.